The van der Waals surface area contributed by atoms with Gasteiger partial charge in [-0.25, -0.2) is 0 Å². The molecular formula is C15H17ClN2O. The zero-order chi connectivity index (χ0) is 13.8. The summed E-state index contributed by atoms with van der Waals surface area (Å²) in [5.41, 5.74) is 1.46. The summed E-state index contributed by atoms with van der Waals surface area (Å²) in [4.78, 5) is 16.4. The SMILES string of the molecule is CC(C)C(Cl)CNC(=O)c1cccc2ncccc12. The van der Waals surface area contributed by atoms with Gasteiger partial charge in [-0.15, -0.1) is 11.6 Å². The number of nitrogens with zero attached hydrogens (tertiary/aromatic N) is 1. The number of carbonyl (C=O) groups excluding carboxylic acids is 1. The lowest BCUT2D eigenvalue weighted by Gasteiger charge is -2.14. The van der Waals surface area contributed by atoms with Crippen molar-refractivity contribution in [3.05, 3.63) is 42.1 Å². The first kappa shape index (κ1) is 13.8. The first-order valence-corrected chi connectivity index (χ1v) is 6.79. The van der Waals surface area contributed by atoms with Crippen molar-refractivity contribution in [3.63, 3.8) is 0 Å². The molecule has 0 radical (unpaired) electrons. The highest BCUT2D eigenvalue weighted by atomic mass is 35.5. The van der Waals surface area contributed by atoms with Gasteiger partial charge in [0.2, 0.25) is 0 Å². The lowest BCUT2D eigenvalue weighted by Crippen LogP contribution is -2.32. The highest BCUT2D eigenvalue weighted by Crippen LogP contribution is 2.16. The van der Waals surface area contributed by atoms with E-state index in [-0.39, 0.29) is 11.3 Å². The van der Waals surface area contributed by atoms with Crippen LogP contribution in [0.1, 0.15) is 24.2 Å². The summed E-state index contributed by atoms with van der Waals surface area (Å²) in [6, 6.07) is 9.27. The third-order valence-corrected chi connectivity index (χ3v) is 3.73. The monoisotopic (exact) mass is 276 g/mol. The van der Waals surface area contributed by atoms with Crippen LogP contribution >= 0.6 is 11.6 Å². The molecule has 1 aromatic heterocycles. The van der Waals surface area contributed by atoms with Gasteiger partial charge >= 0.3 is 0 Å². The Morgan fingerprint density at radius 3 is 2.84 bits per heavy atom. The van der Waals surface area contributed by atoms with E-state index in [1.807, 2.05) is 38.1 Å². The summed E-state index contributed by atoms with van der Waals surface area (Å²) in [6.07, 6.45) is 1.72. The number of benzene rings is 1. The Morgan fingerprint density at radius 1 is 1.32 bits per heavy atom. The number of nitrogens with one attached hydrogen (secondary N) is 1. The molecule has 2 rings (SSSR count). The maximum atomic E-state index is 12.2. The minimum absolute atomic E-state index is 0.0583. The Hall–Kier alpha value is -1.61. The largest absolute Gasteiger partial charge is 0.351 e. The Morgan fingerprint density at radius 2 is 2.11 bits per heavy atom. The Balaban J connectivity index is 2.18. The number of amides is 1. The molecule has 0 aliphatic carbocycles. The van der Waals surface area contributed by atoms with Gasteiger partial charge in [-0.05, 0) is 24.1 Å². The van der Waals surface area contributed by atoms with Crippen LogP contribution in [0, 0.1) is 5.92 Å². The maximum absolute atomic E-state index is 12.2. The van der Waals surface area contributed by atoms with E-state index >= 15 is 0 Å². The summed E-state index contributed by atoms with van der Waals surface area (Å²) in [5.74, 6) is 0.223. The van der Waals surface area contributed by atoms with Gasteiger partial charge < -0.3 is 5.32 Å². The van der Waals surface area contributed by atoms with Gasteiger partial charge in [0.25, 0.3) is 5.91 Å². The fraction of sp³-hybridized carbons (Fsp3) is 0.333. The number of fused-ring (bicyclic) bond motifs is 1. The predicted octanol–water partition coefficient (Wildman–Crippen LogP) is 3.23. The minimum Gasteiger partial charge on any atom is -0.351 e. The second-order valence-corrected chi connectivity index (χ2v) is 5.41. The van der Waals surface area contributed by atoms with E-state index in [0.717, 1.165) is 10.9 Å². The number of carbonyl (C=O) groups is 1. The maximum Gasteiger partial charge on any atom is 0.252 e. The number of halogens is 1. The van der Waals surface area contributed by atoms with E-state index < -0.39 is 0 Å². The molecule has 1 N–H and O–H groups in total. The smallest absolute Gasteiger partial charge is 0.252 e. The molecule has 1 amide bonds. The summed E-state index contributed by atoms with van der Waals surface area (Å²) in [7, 11) is 0. The molecule has 0 bridgehead atoms. The normalized spacial score (nSPS) is 12.6. The van der Waals surface area contributed by atoms with Gasteiger partial charge in [0.05, 0.1) is 10.9 Å². The molecule has 0 saturated carbocycles. The summed E-state index contributed by atoms with van der Waals surface area (Å²) in [6.45, 7) is 4.53. The summed E-state index contributed by atoms with van der Waals surface area (Å²) in [5, 5.41) is 3.67. The predicted molar refractivity (Wildman–Crippen MR) is 78.6 cm³/mol. The lowest BCUT2D eigenvalue weighted by molar-refractivity contribution is 0.0954. The van der Waals surface area contributed by atoms with Crippen molar-refractivity contribution in [1.29, 1.82) is 0 Å². The molecule has 0 fully saturated rings. The van der Waals surface area contributed by atoms with E-state index in [1.54, 1.807) is 12.3 Å². The average molecular weight is 277 g/mol. The topological polar surface area (TPSA) is 42.0 Å². The number of pyridine rings is 1. The van der Waals surface area contributed by atoms with Crippen molar-refractivity contribution < 1.29 is 4.79 Å². The van der Waals surface area contributed by atoms with Gasteiger partial charge in [-0.3, -0.25) is 9.78 Å². The van der Waals surface area contributed by atoms with Crippen molar-refractivity contribution >= 4 is 28.4 Å². The zero-order valence-corrected chi connectivity index (χ0v) is 11.8. The molecule has 3 nitrogen and oxygen atoms in total. The standard InChI is InChI=1S/C15H17ClN2O/c1-10(2)13(16)9-18-15(19)12-5-3-7-14-11(12)6-4-8-17-14/h3-8,10,13H,9H2,1-2H3,(H,18,19). The molecule has 0 aliphatic rings. The second-order valence-electron chi connectivity index (χ2n) is 4.85. The molecule has 2 aromatic rings. The molecule has 1 heterocycles. The fourth-order valence-corrected chi connectivity index (χ4v) is 1.90. The van der Waals surface area contributed by atoms with Crippen molar-refractivity contribution in [2.75, 3.05) is 6.54 Å². The van der Waals surface area contributed by atoms with Crippen LogP contribution in [0.2, 0.25) is 0 Å². The Kier molecular flexibility index (Phi) is 4.38. The van der Waals surface area contributed by atoms with Gasteiger partial charge in [0.15, 0.2) is 0 Å². The van der Waals surface area contributed by atoms with Gasteiger partial charge in [-0.2, -0.15) is 0 Å². The molecule has 1 atom stereocenters. The quantitative estimate of drug-likeness (QED) is 0.871. The van der Waals surface area contributed by atoms with E-state index in [4.69, 9.17) is 11.6 Å². The molecule has 100 valence electrons. The molecular weight excluding hydrogens is 260 g/mol. The second kappa shape index (κ2) is 6.02. The van der Waals surface area contributed by atoms with Gasteiger partial charge in [-0.1, -0.05) is 26.0 Å². The molecule has 0 spiro atoms. The van der Waals surface area contributed by atoms with Gasteiger partial charge in [0.1, 0.15) is 0 Å². The highest BCUT2D eigenvalue weighted by molar-refractivity contribution is 6.21. The first-order valence-electron chi connectivity index (χ1n) is 6.35. The fourth-order valence-electron chi connectivity index (χ4n) is 1.82. The number of aromatic nitrogens is 1. The number of hydrogen-bond acceptors (Lipinski definition) is 2. The average Bonchev–Trinajstić information content (AvgIpc) is 2.43. The van der Waals surface area contributed by atoms with Crippen LogP contribution in [-0.4, -0.2) is 22.8 Å². The third kappa shape index (κ3) is 3.24. The lowest BCUT2D eigenvalue weighted by atomic mass is 10.1. The number of alkyl halides is 1. The van der Waals surface area contributed by atoms with Crippen molar-refractivity contribution in [3.8, 4) is 0 Å². The summed E-state index contributed by atoms with van der Waals surface area (Å²) >= 11 is 6.14. The molecule has 0 aliphatic heterocycles. The van der Waals surface area contributed by atoms with Crippen molar-refractivity contribution in [2.45, 2.75) is 19.2 Å². The first-order chi connectivity index (χ1) is 9.09. The van der Waals surface area contributed by atoms with Crippen LogP contribution in [0.5, 0.6) is 0 Å². The van der Waals surface area contributed by atoms with Crippen LogP contribution < -0.4 is 5.32 Å². The van der Waals surface area contributed by atoms with Crippen molar-refractivity contribution in [1.82, 2.24) is 10.3 Å². The third-order valence-electron chi connectivity index (χ3n) is 3.07. The molecule has 1 unspecified atom stereocenters. The molecule has 0 saturated heterocycles. The van der Waals surface area contributed by atoms with E-state index in [1.165, 1.54) is 0 Å². The van der Waals surface area contributed by atoms with Crippen LogP contribution in [-0.2, 0) is 0 Å². The van der Waals surface area contributed by atoms with E-state index in [9.17, 15) is 4.79 Å². The van der Waals surface area contributed by atoms with Gasteiger partial charge in [0, 0.05) is 23.7 Å². The summed E-state index contributed by atoms with van der Waals surface area (Å²) < 4.78 is 0. The zero-order valence-electron chi connectivity index (χ0n) is 11.1. The van der Waals surface area contributed by atoms with E-state index in [2.05, 4.69) is 10.3 Å². The molecule has 1 aromatic carbocycles. The number of rotatable bonds is 4. The molecule has 19 heavy (non-hydrogen) atoms. The van der Waals surface area contributed by atoms with Crippen LogP contribution in [0.15, 0.2) is 36.5 Å². The van der Waals surface area contributed by atoms with Crippen LogP contribution in [0.4, 0.5) is 0 Å². The van der Waals surface area contributed by atoms with Crippen LogP contribution in [0.25, 0.3) is 10.9 Å². The Bertz CT molecular complexity index is 578. The highest BCUT2D eigenvalue weighted by Gasteiger charge is 2.14. The van der Waals surface area contributed by atoms with E-state index in [0.29, 0.717) is 18.0 Å². The molecule has 4 heteroatoms. The number of hydrogen-bond donors (Lipinski definition) is 1. The van der Waals surface area contributed by atoms with Crippen LogP contribution in [0.3, 0.4) is 0 Å². The van der Waals surface area contributed by atoms with Crippen molar-refractivity contribution in [2.24, 2.45) is 5.92 Å². The Labute approximate surface area is 118 Å². The minimum atomic E-state index is -0.107.